The van der Waals surface area contributed by atoms with Crippen LogP contribution in [0.25, 0.3) is 0 Å². The highest BCUT2D eigenvalue weighted by molar-refractivity contribution is 5.76. The number of ether oxygens (including phenoxy) is 1. The topological polar surface area (TPSA) is 115 Å². The number of nitrogens with one attached hydrogen (secondary N) is 1. The third-order valence-corrected chi connectivity index (χ3v) is 5.18. The number of nitrogens with zero attached hydrogens (tertiary/aromatic N) is 3. The molecule has 0 unspecified atom stereocenters. The van der Waals surface area contributed by atoms with Gasteiger partial charge >= 0.3 is 11.7 Å². The molecule has 176 valence electrons. The van der Waals surface area contributed by atoms with Crippen molar-refractivity contribution >= 4 is 11.8 Å². The van der Waals surface area contributed by atoms with Gasteiger partial charge in [-0.15, -0.1) is 5.10 Å². The maximum absolute atomic E-state index is 12.7. The molecule has 9 heteroatoms. The molecule has 0 amide bonds. The molecule has 0 aliphatic rings. The highest BCUT2D eigenvalue weighted by Crippen LogP contribution is 2.20. The van der Waals surface area contributed by atoms with Gasteiger partial charge in [-0.25, -0.2) is 14.3 Å². The summed E-state index contributed by atoms with van der Waals surface area (Å²) in [4.78, 5) is 36.3. The molecule has 2 N–H and O–H groups in total. The average molecular weight is 447 g/mol. The third-order valence-electron chi connectivity index (χ3n) is 5.18. The van der Waals surface area contributed by atoms with Crippen molar-refractivity contribution in [2.24, 2.45) is 7.05 Å². The summed E-state index contributed by atoms with van der Waals surface area (Å²) in [6.45, 7) is 5.92. The van der Waals surface area contributed by atoms with E-state index in [0.717, 1.165) is 37.7 Å². The molecule has 0 spiro atoms. The van der Waals surface area contributed by atoms with Crippen molar-refractivity contribution in [1.82, 2.24) is 14.3 Å². The Kier molecular flexibility index (Phi) is 9.04. The molecule has 0 aliphatic heterocycles. The molecule has 2 aromatic rings. The molecular weight excluding hydrogens is 412 g/mol. The van der Waals surface area contributed by atoms with Crippen LogP contribution in [0.5, 0.6) is 5.75 Å². The number of hydrogen-bond donors (Lipinski definition) is 2. The lowest BCUT2D eigenvalue weighted by molar-refractivity contribution is -0.152. The number of anilines is 1. The molecule has 32 heavy (non-hydrogen) atoms. The minimum atomic E-state index is -1.34. The van der Waals surface area contributed by atoms with Crippen LogP contribution in [0.4, 0.5) is 5.82 Å². The second kappa shape index (κ2) is 11.5. The fourth-order valence-electron chi connectivity index (χ4n) is 3.23. The van der Waals surface area contributed by atoms with E-state index in [9.17, 15) is 19.5 Å². The zero-order chi connectivity index (χ0) is 23.7. The minimum Gasteiger partial charge on any atom is -0.478 e. The Balaban J connectivity index is 2.02. The van der Waals surface area contributed by atoms with Gasteiger partial charge in [-0.3, -0.25) is 9.36 Å². The summed E-state index contributed by atoms with van der Waals surface area (Å²) in [5.74, 6) is -0.451. The third kappa shape index (κ3) is 6.96. The number of carboxylic acids is 1. The summed E-state index contributed by atoms with van der Waals surface area (Å²) in [7, 11) is 1.53. The molecule has 0 radical (unpaired) electrons. The second-order valence-corrected chi connectivity index (χ2v) is 8.37. The quantitative estimate of drug-likeness (QED) is 0.455. The van der Waals surface area contributed by atoms with Crippen molar-refractivity contribution < 1.29 is 14.6 Å². The summed E-state index contributed by atoms with van der Waals surface area (Å²) in [6, 6.07) is 7.16. The monoisotopic (exact) mass is 446 g/mol. The molecule has 0 saturated carbocycles. The molecule has 1 heterocycles. The van der Waals surface area contributed by atoms with Crippen LogP contribution in [0, 0.1) is 0 Å². The van der Waals surface area contributed by atoms with Crippen molar-refractivity contribution in [3.05, 3.63) is 50.7 Å². The van der Waals surface area contributed by atoms with Gasteiger partial charge in [0.1, 0.15) is 5.75 Å². The lowest BCUT2D eigenvalue weighted by Crippen LogP contribution is -2.42. The lowest BCUT2D eigenvalue weighted by atomic mass is 10.1. The Morgan fingerprint density at radius 2 is 1.91 bits per heavy atom. The highest BCUT2D eigenvalue weighted by Gasteiger charge is 2.29. The van der Waals surface area contributed by atoms with Gasteiger partial charge in [0.15, 0.2) is 5.60 Å². The van der Waals surface area contributed by atoms with E-state index in [4.69, 9.17) is 4.74 Å². The summed E-state index contributed by atoms with van der Waals surface area (Å²) in [6.07, 6.45) is 5.69. The zero-order valence-corrected chi connectivity index (χ0v) is 19.4. The molecule has 1 aromatic heterocycles. The largest absolute Gasteiger partial charge is 0.478 e. The van der Waals surface area contributed by atoms with Crippen molar-refractivity contribution in [2.75, 3.05) is 11.9 Å². The van der Waals surface area contributed by atoms with E-state index in [1.807, 2.05) is 6.07 Å². The van der Waals surface area contributed by atoms with Gasteiger partial charge in [-0.1, -0.05) is 44.7 Å². The van der Waals surface area contributed by atoms with Gasteiger partial charge in [-0.05, 0) is 44.4 Å². The fourth-order valence-corrected chi connectivity index (χ4v) is 3.23. The Morgan fingerprint density at radius 3 is 2.59 bits per heavy atom. The van der Waals surface area contributed by atoms with Crippen LogP contribution in [-0.2, 0) is 24.8 Å². The van der Waals surface area contributed by atoms with E-state index in [-0.39, 0.29) is 5.82 Å². The molecule has 1 aromatic carbocycles. The number of aromatic nitrogens is 3. The van der Waals surface area contributed by atoms with Gasteiger partial charge in [0, 0.05) is 20.1 Å². The number of carbonyl (C=O) groups is 1. The van der Waals surface area contributed by atoms with E-state index >= 15 is 0 Å². The maximum Gasteiger partial charge on any atom is 0.347 e. The maximum atomic E-state index is 12.7. The van der Waals surface area contributed by atoms with Crippen LogP contribution in [0.15, 0.2) is 33.9 Å². The summed E-state index contributed by atoms with van der Waals surface area (Å²) < 4.78 is 7.99. The number of rotatable bonds is 13. The van der Waals surface area contributed by atoms with Crippen LogP contribution in [0.2, 0.25) is 0 Å². The van der Waals surface area contributed by atoms with Crippen LogP contribution in [0.3, 0.4) is 0 Å². The standard InChI is InChI=1S/C23H34N4O5/c1-5-6-7-8-9-15-27-20(28)19(25-26(4)22(27)31)24-14-13-17-11-10-12-18(16-17)32-23(2,3)21(29)30/h10-12,16H,5-9,13-15H2,1-4H3,(H,24,25)(H,29,30). The van der Waals surface area contributed by atoms with E-state index in [2.05, 4.69) is 17.3 Å². The van der Waals surface area contributed by atoms with Gasteiger partial charge < -0.3 is 15.2 Å². The van der Waals surface area contributed by atoms with Crippen molar-refractivity contribution in [1.29, 1.82) is 0 Å². The molecule has 0 bridgehead atoms. The molecule has 0 atom stereocenters. The molecule has 0 aliphatic carbocycles. The summed E-state index contributed by atoms with van der Waals surface area (Å²) >= 11 is 0. The first-order chi connectivity index (χ1) is 15.2. The number of hydrogen-bond acceptors (Lipinski definition) is 6. The average Bonchev–Trinajstić information content (AvgIpc) is 2.73. The fraction of sp³-hybridized carbons (Fsp3) is 0.565. The minimum absolute atomic E-state index is 0.139. The van der Waals surface area contributed by atoms with Gasteiger partial charge in [0.25, 0.3) is 5.56 Å². The molecular formula is C23H34N4O5. The molecule has 9 nitrogen and oxygen atoms in total. The number of benzene rings is 1. The van der Waals surface area contributed by atoms with E-state index in [1.165, 1.54) is 30.1 Å². The lowest BCUT2D eigenvalue weighted by Gasteiger charge is -2.21. The number of unbranched alkanes of at least 4 members (excludes halogenated alkanes) is 4. The second-order valence-electron chi connectivity index (χ2n) is 8.37. The Labute approximate surface area is 188 Å². The molecule has 0 fully saturated rings. The smallest absolute Gasteiger partial charge is 0.347 e. The van der Waals surface area contributed by atoms with Gasteiger partial charge in [0.05, 0.1) is 0 Å². The summed E-state index contributed by atoms with van der Waals surface area (Å²) in [5, 5.41) is 16.3. The Hall–Kier alpha value is -3.10. The summed E-state index contributed by atoms with van der Waals surface area (Å²) in [5.41, 5.74) is -1.25. The van der Waals surface area contributed by atoms with Crippen LogP contribution >= 0.6 is 0 Å². The SMILES string of the molecule is CCCCCCCn1c(=O)c(NCCc2cccc(OC(C)(C)C(=O)O)c2)nn(C)c1=O. The van der Waals surface area contributed by atoms with E-state index in [1.54, 1.807) is 18.2 Å². The van der Waals surface area contributed by atoms with Crippen LogP contribution < -0.4 is 21.3 Å². The first-order valence-corrected chi connectivity index (χ1v) is 11.1. The first-order valence-electron chi connectivity index (χ1n) is 11.1. The van der Waals surface area contributed by atoms with Crippen LogP contribution in [-0.4, -0.2) is 37.6 Å². The van der Waals surface area contributed by atoms with E-state index < -0.39 is 22.8 Å². The molecule has 0 saturated heterocycles. The number of aryl methyl sites for hydroxylation is 1. The van der Waals surface area contributed by atoms with Crippen molar-refractivity contribution in [2.45, 2.75) is 71.4 Å². The zero-order valence-electron chi connectivity index (χ0n) is 19.4. The number of aliphatic carboxylic acids is 1. The van der Waals surface area contributed by atoms with Crippen molar-refractivity contribution in [3.63, 3.8) is 0 Å². The first kappa shape index (κ1) is 25.2. The van der Waals surface area contributed by atoms with Crippen molar-refractivity contribution in [3.8, 4) is 5.75 Å². The van der Waals surface area contributed by atoms with E-state index in [0.29, 0.717) is 25.3 Å². The Bertz CT molecular complexity index is 1030. The molecule has 2 rings (SSSR count). The number of carboxylic acid groups (broad SMARTS) is 1. The Morgan fingerprint density at radius 1 is 1.19 bits per heavy atom. The van der Waals surface area contributed by atoms with Gasteiger partial charge in [-0.2, -0.15) is 0 Å². The van der Waals surface area contributed by atoms with Crippen LogP contribution in [0.1, 0.15) is 58.4 Å². The predicted octanol–water partition coefficient (Wildman–Crippen LogP) is 2.81. The highest BCUT2D eigenvalue weighted by atomic mass is 16.5. The van der Waals surface area contributed by atoms with Gasteiger partial charge in [0.2, 0.25) is 5.82 Å². The normalized spacial score (nSPS) is 11.4. The predicted molar refractivity (Wildman–Crippen MR) is 123 cm³/mol.